The molecule has 1 N–H and O–H groups in total. The second-order valence-electron chi connectivity index (χ2n) is 6.91. The van der Waals surface area contributed by atoms with Crippen molar-refractivity contribution in [3.8, 4) is 11.4 Å². The van der Waals surface area contributed by atoms with E-state index in [-0.39, 0.29) is 18.7 Å². The highest BCUT2D eigenvalue weighted by Gasteiger charge is 2.30. The maximum atomic E-state index is 12.6. The van der Waals surface area contributed by atoms with E-state index < -0.39 is 11.7 Å². The molecule has 0 unspecified atom stereocenters. The third-order valence-electron chi connectivity index (χ3n) is 4.37. The summed E-state index contributed by atoms with van der Waals surface area (Å²) in [5, 5.41) is 6.48. The van der Waals surface area contributed by atoms with Crippen LogP contribution < -0.4 is 5.32 Å². The van der Waals surface area contributed by atoms with Gasteiger partial charge >= 0.3 is 6.18 Å². The highest BCUT2D eigenvalue weighted by molar-refractivity contribution is 5.90. The number of halogens is 3. The number of amides is 1. The van der Waals surface area contributed by atoms with Gasteiger partial charge in [-0.2, -0.15) is 18.2 Å². The van der Waals surface area contributed by atoms with Gasteiger partial charge in [-0.25, -0.2) is 0 Å². The molecule has 0 radical (unpaired) electrons. The van der Waals surface area contributed by atoms with E-state index in [1.54, 1.807) is 0 Å². The van der Waals surface area contributed by atoms with Gasteiger partial charge in [0.1, 0.15) is 0 Å². The number of aryl methyl sites for hydroxylation is 1. The van der Waals surface area contributed by atoms with Gasteiger partial charge in [0.2, 0.25) is 17.6 Å². The molecule has 0 spiro atoms. The van der Waals surface area contributed by atoms with E-state index in [0.29, 0.717) is 23.3 Å². The Morgan fingerprint density at radius 1 is 1.07 bits per heavy atom. The summed E-state index contributed by atoms with van der Waals surface area (Å²) in [6.45, 7) is 4.22. The molecule has 3 rings (SSSR count). The Balaban J connectivity index is 1.54. The lowest BCUT2D eigenvalue weighted by atomic mass is 10.0. The van der Waals surface area contributed by atoms with Crippen molar-refractivity contribution in [1.82, 2.24) is 10.1 Å². The summed E-state index contributed by atoms with van der Waals surface area (Å²) in [5.41, 5.74) is 1.55. The first-order valence-electron chi connectivity index (χ1n) is 9.12. The first-order valence-corrected chi connectivity index (χ1v) is 9.12. The third kappa shape index (κ3) is 5.43. The minimum absolute atomic E-state index is 0.0644. The molecule has 2 aromatic carbocycles. The summed E-state index contributed by atoms with van der Waals surface area (Å²) in [5.74, 6) is 0.827. The molecule has 0 fully saturated rings. The Labute approximate surface area is 165 Å². The van der Waals surface area contributed by atoms with E-state index in [2.05, 4.69) is 29.3 Å². The minimum Gasteiger partial charge on any atom is -0.339 e. The number of nitrogens with zero attached hydrogens (tertiary/aromatic N) is 2. The Hall–Kier alpha value is -3.16. The number of anilines is 1. The molecule has 3 aromatic rings. The molecule has 0 aliphatic rings. The standard InChI is InChI=1S/C21H20F3N3O2/c1-13(2)14-3-5-15(6-4-14)20-26-19(29-27-20)12-11-18(28)25-17-9-7-16(8-10-17)21(22,23)24/h3-10,13H,11-12H2,1-2H3,(H,25,28). The molecule has 5 nitrogen and oxygen atoms in total. The summed E-state index contributed by atoms with van der Waals surface area (Å²) in [6, 6.07) is 12.1. The molecule has 0 atom stereocenters. The lowest BCUT2D eigenvalue weighted by molar-refractivity contribution is -0.137. The van der Waals surface area contributed by atoms with Crippen molar-refractivity contribution in [2.24, 2.45) is 0 Å². The molecule has 1 aromatic heterocycles. The highest BCUT2D eigenvalue weighted by atomic mass is 19.4. The van der Waals surface area contributed by atoms with E-state index in [1.165, 1.54) is 17.7 Å². The zero-order valence-electron chi connectivity index (χ0n) is 16.0. The van der Waals surface area contributed by atoms with E-state index in [0.717, 1.165) is 17.7 Å². The minimum atomic E-state index is -4.41. The van der Waals surface area contributed by atoms with Crippen molar-refractivity contribution in [1.29, 1.82) is 0 Å². The van der Waals surface area contributed by atoms with Crippen molar-refractivity contribution in [3.05, 3.63) is 65.5 Å². The van der Waals surface area contributed by atoms with Crippen LogP contribution in [0.3, 0.4) is 0 Å². The SMILES string of the molecule is CC(C)c1ccc(-c2noc(CCC(=O)Nc3ccc(C(F)(F)F)cc3)n2)cc1. The molecule has 0 saturated carbocycles. The molecular formula is C21H20F3N3O2. The van der Waals surface area contributed by atoms with Crippen LogP contribution in [0.1, 0.15) is 43.2 Å². The summed E-state index contributed by atoms with van der Waals surface area (Å²) in [7, 11) is 0. The van der Waals surface area contributed by atoms with Crippen LogP contribution in [0.15, 0.2) is 53.1 Å². The number of aromatic nitrogens is 2. The van der Waals surface area contributed by atoms with E-state index in [4.69, 9.17) is 4.52 Å². The molecule has 0 saturated heterocycles. The molecular weight excluding hydrogens is 383 g/mol. The molecule has 0 aliphatic heterocycles. The van der Waals surface area contributed by atoms with Gasteiger partial charge < -0.3 is 9.84 Å². The van der Waals surface area contributed by atoms with Gasteiger partial charge in [-0.1, -0.05) is 43.3 Å². The number of alkyl halides is 3. The van der Waals surface area contributed by atoms with Gasteiger partial charge in [0, 0.05) is 24.1 Å². The third-order valence-corrected chi connectivity index (χ3v) is 4.37. The van der Waals surface area contributed by atoms with Crippen molar-refractivity contribution in [3.63, 3.8) is 0 Å². The topological polar surface area (TPSA) is 68.0 Å². The Morgan fingerprint density at radius 2 is 1.72 bits per heavy atom. The van der Waals surface area contributed by atoms with Gasteiger partial charge in [0.25, 0.3) is 0 Å². The molecule has 8 heteroatoms. The van der Waals surface area contributed by atoms with Crippen LogP contribution in [0.2, 0.25) is 0 Å². The molecule has 1 amide bonds. The van der Waals surface area contributed by atoms with Crippen molar-refractivity contribution < 1.29 is 22.5 Å². The second kappa shape index (κ2) is 8.46. The van der Waals surface area contributed by atoms with Crippen LogP contribution in [0.4, 0.5) is 18.9 Å². The highest BCUT2D eigenvalue weighted by Crippen LogP contribution is 2.29. The van der Waals surface area contributed by atoms with Crippen molar-refractivity contribution in [2.45, 2.75) is 38.8 Å². The summed E-state index contributed by atoms with van der Waals surface area (Å²) in [6.07, 6.45) is -4.12. The number of rotatable bonds is 6. The number of hydrogen-bond donors (Lipinski definition) is 1. The monoisotopic (exact) mass is 403 g/mol. The number of benzene rings is 2. The molecule has 1 heterocycles. The average molecular weight is 403 g/mol. The summed E-state index contributed by atoms with van der Waals surface area (Å²) < 4.78 is 42.9. The first-order chi connectivity index (χ1) is 13.7. The smallest absolute Gasteiger partial charge is 0.339 e. The Morgan fingerprint density at radius 3 is 2.31 bits per heavy atom. The van der Waals surface area contributed by atoms with Crippen LogP contribution in [-0.4, -0.2) is 16.0 Å². The van der Waals surface area contributed by atoms with Gasteiger partial charge in [0.15, 0.2) is 0 Å². The van der Waals surface area contributed by atoms with Crippen molar-refractivity contribution >= 4 is 11.6 Å². The van der Waals surface area contributed by atoms with Gasteiger partial charge in [-0.05, 0) is 35.7 Å². The predicted molar refractivity (Wildman–Crippen MR) is 102 cm³/mol. The predicted octanol–water partition coefficient (Wildman–Crippen LogP) is 5.45. The fourth-order valence-corrected chi connectivity index (χ4v) is 2.68. The molecule has 29 heavy (non-hydrogen) atoms. The fourth-order valence-electron chi connectivity index (χ4n) is 2.68. The zero-order chi connectivity index (χ0) is 21.0. The normalized spacial score (nSPS) is 11.7. The van der Waals surface area contributed by atoms with Crippen LogP contribution in [0.25, 0.3) is 11.4 Å². The van der Waals surface area contributed by atoms with Crippen LogP contribution >= 0.6 is 0 Å². The number of carbonyl (C=O) groups is 1. The van der Waals surface area contributed by atoms with E-state index in [9.17, 15) is 18.0 Å². The quantitative estimate of drug-likeness (QED) is 0.594. The van der Waals surface area contributed by atoms with Crippen molar-refractivity contribution in [2.75, 3.05) is 5.32 Å². The number of carbonyl (C=O) groups excluding carboxylic acids is 1. The van der Waals surface area contributed by atoms with Gasteiger partial charge in [-0.15, -0.1) is 0 Å². The summed E-state index contributed by atoms with van der Waals surface area (Å²) in [4.78, 5) is 16.3. The molecule has 0 bridgehead atoms. The second-order valence-corrected chi connectivity index (χ2v) is 6.91. The lowest BCUT2D eigenvalue weighted by Crippen LogP contribution is -2.13. The van der Waals surface area contributed by atoms with E-state index >= 15 is 0 Å². The molecule has 152 valence electrons. The van der Waals surface area contributed by atoms with E-state index in [1.807, 2.05) is 24.3 Å². The fraction of sp³-hybridized carbons (Fsp3) is 0.286. The summed E-state index contributed by atoms with van der Waals surface area (Å²) >= 11 is 0. The Bertz CT molecular complexity index is 962. The number of nitrogens with one attached hydrogen (secondary N) is 1. The first kappa shape index (κ1) is 20.6. The van der Waals surface area contributed by atoms with Crippen LogP contribution in [0.5, 0.6) is 0 Å². The van der Waals surface area contributed by atoms with Gasteiger partial charge in [-0.3, -0.25) is 4.79 Å². The van der Waals surface area contributed by atoms with Crippen LogP contribution in [-0.2, 0) is 17.4 Å². The number of hydrogen-bond acceptors (Lipinski definition) is 4. The van der Waals surface area contributed by atoms with Gasteiger partial charge in [0.05, 0.1) is 5.56 Å². The maximum absolute atomic E-state index is 12.6. The average Bonchev–Trinajstić information content (AvgIpc) is 3.15. The lowest BCUT2D eigenvalue weighted by Gasteiger charge is -2.08. The maximum Gasteiger partial charge on any atom is 0.416 e. The zero-order valence-corrected chi connectivity index (χ0v) is 16.0. The van der Waals surface area contributed by atoms with Crippen LogP contribution in [0, 0.1) is 0 Å². The Kier molecular flexibility index (Phi) is 6.00. The largest absolute Gasteiger partial charge is 0.416 e. The molecule has 0 aliphatic carbocycles.